The van der Waals surface area contributed by atoms with E-state index < -0.39 is 11.9 Å². The summed E-state index contributed by atoms with van der Waals surface area (Å²) in [7, 11) is 0. The van der Waals surface area contributed by atoms with E-state index in [9.17, 15) is 14.7 Å². The number of anilines is 1. The predicted octanol–water partition coefficient (Wildman–Crippen LogP) is 4.25. The van der Waals surface area contributed by atoms with Crippen molar-refractivity contribution in [1.82, 2.24) is 5.32 Å². The van der Waals surface area contributed by atoms with Gasteiger partial charge in [-0.1, -0.05) is 15.9 Å². The van der Waals surface area contributed by atoms with Crippen LogP contribution in [0.15, 0.2) is 40.9 Å². The first-order chi connectivity index (χ1) is 12.3. The summed E-state index contributed by atoms with van der Waals surface area (Å²) in [5.74, 6) is -0.998. The SMILES string of the molecule is O=C(COc1ccc(Br)cc1)NC(=S)Nc1c(I)cc(I)cc1C(=O)O. The first-order valence-electron chi connectivity index (χ1n) is 6.98. The lowest BCUT2D eigenvalue weighted by molar-refractivity contribution is -0.121. The molecule has 2 aromatic rings. The summed E-state index contributed by atoms with van der Waals surface area (Å²) in [5.41, 5.74) is 0.404. The lowest BCUT2D eigenvalue weighted by atomic mass is 10.2. The van der Waals surface area contributed by atoms with Gasteiger partial charge in [-0.15, -0.1) is 0 Å². The van der Waals surface area contributed by atoms with Gasteiger partial charge in [0, 0.05) is 11.6 Å². The van der Waals surface area contributed by atoms with Gasteiger partial charge in [-0.3, -0.25) is 10.1 Å². The van der Waals surface area contributed by atoms with Gasteiger partial charge in [-0.05, 0) is 93.8 Å². The van der Waals surface area contributed by atoms with Crippen LogP contribution in [0, 0.1) is 7.14 Å². The zero-order valence-electron chi connectivity index (χ0n) is 12.9. The Bertz CT molecular complexity index is 862. The Hall–Kier alpha value is -0.990. The van der Waals surface area contributed by atoms with Crippen molar-refractivity contribution >= 4 is 96.0 Å². The lowest BCUT2D eigenvalue weighted by Gasteiger charge is -2.14. The molecule has 0 aromatic heterocycles. The van der Waals surface area contributed by atoms with Crippen molar-refractivity contribution in [2.75, 3.05) is 11.9 Å². The van der Waals surface area contributed by atoms with Crippen LogP contribution in [0.2, 0.25) is 0 Å². The number of amides is 1. The molecular formula is C16H11BrI2N2O4S. The number of ether oxygens (including phenoxy) is 1. The van der Waals surface area contributed by atoms with Crippen molar-refractivity contribution in [2.45, 2.75) is 0 Å². The second-order valence-electron chi connectivity index (χ2n) is 4.86. The molecule has 10 heteroatoms. The number of carbonyl (C=O) groups is 2. The summed E-state index contributed by atoms with van der Waals surface area (Å²) in [4.78, 5) is 23.4. The molecular weight excluding hydrogens is 650 g/mol. The van der Waals surface area contributed by atoms with Gasteiger partial charge in [-0.2, -0.15) is 0 Å². The summed E-state index contributed by atoms with van der Waals surface area (Å²) < 4.78 is 7.72. The minimum atomic E-state index is -1.09. The third-order valence-electron chi connectivity index (χ3n) is 2.96. The van der Waals surface area contributed by atoms with Crippen molar-refractivity contribution in [3.8, 4) is 5.75 Å². The molecule has 6 nitrogen and oxygen atoms in total. The highest BCUT2D eigenvalue weighted by Gasteiger charge is 2.16. The quantitative estimate of drug-likeness (QED) is 0.329. The summed E-state index contributed by atoms with van der Waals surface area (Å²) >= 11 is 12.5. The van der Waals surface area contributed by atoms with E-state index in [-0.39, 0.29) is 17.3 Å². The number of halogens is 3. The van der Waals surface area contributed by atoms with Crippen LogP contribution in [0.1, 0.15) is 10.4 Å². The number of rotatable bonds is 5. The molecule has 0 saturated heterocycles. The Morgan fingerprint density at radius 3 is 2.46 bits per heavy atom. The van der Waals surface area contributed by atoms with Gasteiger partial charge >= 0.3 is 5.97 Å². The maximum atomic E-state index is 11.9. The fraction of sp³-hybridized carbons (Fsp3) is 0.0625. The number of carboxylic acids is 1. The van der Waals surface area contributed by atoms with Crippen LogP contribution < -0.4 is 15.4 Å². The van der Waals surface area contributed by atoms with Crippen LogP contribution in [0.3, 0.4) is 0 Å². The van der Waals surface area contributed by atoms with Gasteiger partial charge in [0.2, 0.25) is 0 Å². The number of hydrogen-bond donors (Lipinski definition) is 3. The van der Waals surface area contributed by atoms with E-state index in [1.165, 1.54) is 6.07 Å². The molecule has 0 unspecified atom stereocenters. The van der Waals surface area contributed by atoms with Gasteiger partial charge in [0.15, 0.2) is 11.7 Å². The van der Waals surface area contributed by atoms with Crippen molar-refractivity contribution < 1.29 is 19.4 Å². The number of carboxylic acid groups (broad SMARTS) is 1. The van der Waals surface area contributed by atoms with E-state index in [0.717, 1.165) is 8.04 Å². The summed E-state index contributed by atoms with van der Waals surface area (Å²) in [6.45, 7) is -0.223. The Morgan fingerprint density at radius 2 is 1.85 bits per heavy atom. The topological polar surface area (TPSA) is 87.7 Å². The number of hydrogen-bond acceptors (Lipinski definition) is 4. The fourth-order valence-electron chi connectivity index (χ4n) is 1.86. The molecule has 0 atom stereocenters. The van der Waals surface area contributed by atoms with Crippen LogP contribution in [0.4, 0.5) is 5.69 Å². The average molecular weight is 661 g/mol. The van der Waals surface area contributed by atoms with E-state index in [0.29, 0.717) is 15.0 Å². The van der Waals surface area contributed by atoms with Crippen molar-refractivity contribution in [1.29, 1.82) is 0 Å². The number of benzene rings is 2. The highest BCUT2D eigenvalue weighted by atomic mass is 127. The van der Waals surface area contributed by atoms with Crippen LogP contribution in [0.5, 0.6) is 5.75 Å². The Balaban J connectivity index is 1.97. The normalized spacial score (nSPS) is 10.1. The number of carbonyl (C=O) groups excluding carboxylic acids is 1. The minimum Gasteiger partial charge on any atom is -0.484 e. The largest absolute Gasteiger partial charge is 0.484 e. The van der Waals surface area contributed by atoms with Crippen molar-refractivity contribution in [3.05, 3.63) is 53.6 Å². The minimum absolute atomic E-state index is 0.00368. The summed E-state index contributed by atoms with van der Waals surface area (Å²) in [6.07, 6.45) is 0. The zero-order valence-corrected chi connectivity index (χ0v) is 19.6. The third-order valence-corrected chi connectivity index (χ3v) is 5.17. The smallest absolute Gasteiger partial charge is 0.337 e. The van der Waals surface area contributed by atoms with E-state index in [4.69, 9.17) is 17.0 Å². The summed E-state index contributed by atoms with van der Waals surface area (Å²) in [5, 5.41) is 14.6. The molecule has 0 aliphatic carbocycles. The average Bonchev–Trinajstić information content (AvgIpc) is 2.56. The molecule has 0 spiro atoms. The molecule has 2 rings (SSSR count). The second-order valence-corrected chi connectivity index (χ2v) is 8.59. The summed E-state index contributed by atoms with van der Waals surface area (Å²) in [6, 6.07) is 10.4. The molecule has 136 valence electrons. The maximum Gasteiger partial charge on any atom is 0.337 e. The Kier molecular flexibility index (Phi) is 8.04. The number of thiocarbonyl (C=S) groups is 1. The van der Waals surface area contributed by atoms with Crippen LogP contribution in [-0.2, 0) is 4.79 Å². The highest BCUT2D eigenvalue weighted by molar-refractivity contribution is 14.1. The van der Waals surface area contributed by atoms with Crippen LogP contribution >= 0.6 is 73.3 Å². The molecule has 2 aromatic carbocycles. The Morgan fingerprint density at radius 1 is 1.19 bits per heavy atom. The maximum absolute atomic E-state index is 11.9. The van der Waals surface area contributed by atoms with E-state index >= 15 is 0 Å². The predicted molar refractivity (Wildman–Crippen MR) is 123 cm³/mol. The molecule has 0 aliphatic rings. The third kappa shape index (κ3) is 6.32. The molecule has 0 heterocycles. The first kappa shape index (κ1) is 21.3. The molecule has 0 saturated carbocycles. The van der Waals surface area contributed by atoms with Gasteiger partial charge in [0.05, 0.1) is 11.3 Å². The first-order valence-corrected chi connectivity index (χ1v) is 10.3. The van der Waals surface area contributed by atoms with Crippen LogP contribution in [-0.4, -0.2) is 28.7 Å². The van der Waals surface area contributed by atoms with Gasteiger partial charge in [-0.25, -0.2) is 4.79 Å². The molecule has 3 N–H and O–H groups in total. The van der Waals surface area contributed by atoms with E-state index in [2.05, 4.69) is 26.6 Å². The van der Waals surface area contributed by atoms with Crippen molar-refractivity contribution in [2.24, 2.45) is 0 Å². The monoisotopic (exact) mass is 660 g/mol. The number of nitrogens with one attached hydrogen (secondary N) is 2. The molecule has 0 aliphatic heterocycles. The van der Waals surface area contributed by atoms with E-state index in [1.54, 1.807) is 30.3 Å². The van der Waals surface area contributed by atoms with Gasteiger partial charge < -0.3 is 15.2 Å². The zero-order chi connectivity index (χ0) is 19.3. The van der Waals surface area contributed by atoms with Crippen molar-refractivity contribution in [3.63, 3.8) is 0 Å². The standard InChI is InChI=1S/C16H11BrI2N2O4S/c17-8-1-3-10(4-2-8)25-7-13(22)20-16(26)21-14-11(15(23)24)5-9(18)6-12(14)19/h1-6H,7H2,(H,23,24)(H2,20,21,22,26). The second kappa shape index (κ2) is 9.80. The Labute approximate surface area is 190 Å². The molecule has 1 amide bonds. The fourth-order valence-corrected chi connectivity index (χ4v) is 4.32. The van der Waals surface area contributed by atoms with Gasteiger partial charge in [0.1, 0.15) is 5.75 Å². The molecule has 0 radical (unpaired) electrons. The van der Waals surface area contributed by atoms with Crippen LogP contribution in [0.25, 0.3) is 0 Å². The van der Waals surface area contributed by atoms with E-state index in [1.807, 2.05) is 45.2 Å². The number of aromatic carboxylic acids is 1. The lowest BCUT2D eigenvalue weighted by Crippen LogP contribution is -2.37. The van der Waals surface area contributed by atoms with Gasteiger partial charge in [0.25, 0.3) is 5.91 Å². The molecule has 0 fully saturated rings. The molecule has 0 bridgehead atoms. The molecule has 26 heavy (non-hydrogen) atoms. The highest BCUT2D eigenvalue weighted by Crippen LogP contribution is 2.26.